The molecule has 0 bridgehead atoms. The molecular formula is C20H27N7O2. The minimum absolute atomic E-state index is 0.591. The number of methoxy groups -OCH3 is 1. The van der Waals surface area contributed by atoms with E-state index in [1.165, 1.54) is 0 Å². The van der Waals surface area contributed by atoms with Crippen molar-refractivity contribution in [2.45, 2.75) is 6.42 Å². The Bertz CT molecular complexity index is 953. The Hall–Kier alpha value is -2.91. The largest absolute Gasteiger partial charge is 0.497 e. The topological polar surface area (TPSA) is 89.4 Å². The summed E-state index contributed by atoms with van der Waals surface area (Å²) in [6.07, 6.45) is 2.80. The standard InChI is InChI=1S/C20H27N7O2/c1-26-19-17(14-22-26)18(23-15-5-3-6-16(13-15)28-2)24-20(25-19)21-7-4-8-27-9-11-29-12-10-27/h3,5-6,13-14H,4,7-12H2,1-2H3,(H2,21,23,24,25). The second-order valence-electron chi connectivity index (χ2n) is 6.99. The van der Waals surface area contributed by atoms with Crippen molar-refractivity contribution in [3.8, 4) is 5.75 Å². The first-order valence-corrected chi connectivity index (χ1v) is 9.88. The van der Waals surface area contributed by atoms with Gasteiger partial charge >= 0.3 is 0 Å². The highest BCUT2D eigenvalue weighted by Crippen LogP contribution is 2.26. The summed E-state index contributed by atoms with van der Waals surface area (Å²) in [5, 5.41) is 11.9. The molecule has 2 N–H and O–H groups in total. The summed E-state index contributed by atoms with van der Waals surface area (Å²) in [5.74, 6) is 2.09. The van der Waals surface area contributed by atoms with Crippen LogP contribution >= 0.6 is 0 Å². The van der Waals surface area contributed by atoms with Crippen molar-refractivity contribution < 1.29 is 9.47 Å². The fraction of sp³-hybridized carbons (Fsp3) is 0.450. The van der Waals surface area contributed by atoms with Gasteiger partial charge < -0.3 is 20.1 Å². The van der Waals surface area contributed by atoms with Gasteiger partial charge in [-0.1, -0.05) is 6.07 Å². The fourth-order valence-electron chi connectivity index (χ4n) is 3.36. The van der Waals surface area contributed by atoms with E-state index in [9.17, 15) is 0 Å². The minimum atomic E-state index is 0.591. The van der Waals surface area contributed by atoms with Crippen molar-refractivity contribution in [2.24, 2.45) is 7.05 Å². The Morgan fingerprint density at radius 3 is 2.90 bits per heavy atom. The summed E-state index contributed by atoms with van der Waals surface area (Å²) in [6, 6.07) is 7.75. The number of rotatable bonds is 8. The van der Waals surface area contributed by atoms with E-state index < -0.39 is 0 Å². The third kappa shape index (κ3) is 4.75. The van der Waals surface area contributed by atoms with Gasteiger partial charge in [-0.15, -0.1) is 0 Å². The van der Waals surface area contributed by atoms with Crippen molar-refractivity contribution >= 4 is 28.5 Å². The van der Waals surface area contributed by atoms with Crippen LogP contribution in [0.15, 0.2) is 30.5 Å². The van der Waals surface area contributed by atoms with Crippen LogP contribution < -0.4 is 15.4 Å². The zero-order valence-corrected chi connectivity index (χ0v) is 16.9. The predicted octanol–water partition coefficient (Wildman–Crippen LogP) is 2.25. The summed E-state index contributed by atoms with van der Waals surface area (Å²) < 4.78 is 12.5. The van der Waals surface area contributed by atoms with Crippen molar-refractivity contribution in [2.75, 3.05) is 57.1 Å². The highest BCUT2D eigenvalue weighted by atomic mass is 16.5. The van der Waals surface area contributed by atoms with E-state index in [1.54, 1.807) is 18.0 Å². The van der Waals surface area contributed by atoms with Gasteiger partial charge in [0, 0.05) is 38.4 Å². The number of hydrogen-bond acceptors (Lipinski definition) is 8. The van der Waals surface area contributed by atoms with Crippen LogP contribution in [0.1, 0.15) is 6.42 Å². The molecule has 9 heteroatoms. The number of aromatic nitrogens is 4. The maximum Gasteiger partial charge on any atom is 0.226 e. The lowest BCUT2D eigenvalue weighted by Gasteiger charge is -2.26. The van der Waals surface area contributed by atoms with Gasteiger partial charge in [0.2, 0.25) is 5.95 Å². The highest BCUT2D eigenvalue weighted by molar-refractivity contribution is 5.89. The molecule has 29 heavy (non-hydrogen) atoms. The molecule has 154 valence electrons. The molecule has 0 saturated carbocycles. The first-order valence-electron chi connectivity index (χ1n) is 9.88. The SMILES string of the molecule is COc1cccc(Nc2nc(NCCCN3CCOCC3)nc3c2cnn3C)c1. The van der Waals surface area contributed by atoms with Gasteiger partial charge in [-0.05, 0) is 25.1 Å². The molecule has 1 aliphatic rings. The third-order valence-electron chi connectivity index (χ3n) is 4.96. The normalized spacial score (nSPS) is 14.8. The molecule has 1 aliphatic heterocycles. The Kier molecular flexibility index (Phi) is 6.06. The number of anilines is 3. The van der Waals surface area contributed by atoms with Gasteiger partial charge in [0.05, 0.1) is 31.9 Å². The molecule has 0 unspecified atom stereocenters. The number of nitrogens with one attached hydrogen (secondary N) is 2. The zero-order chi connectivity index (χ0) is 20.1. The fourth-order valence-corrected chi connectivity index (χ4v) is 3.36. The maximum atomic E-state index is 5.40. The molecule has 1 aromatic carbocycles. The van der Waals surface area contributed by atoms with E-state index in [2.05, 4.69) is 30.6 Å². The number of fused-ring (bicyclic) bond motifs is 1. The average Bonchev–Trinajstić information content (AvgIpc) is 3.13. The van der Waals surface area contributed by atoms with Crippen molar-refractivity contribution in [1.29, 1.82) is 0 Å². The van der Waals surface area contributed by atoms with E-state index >= 15 is 0 Å². The average molecular weight is 397 g/mol. The van der Waals surface area contributed by atoms with Crippen LogP contribution in [0.4, 0.5) is 17.5 Å². The van der Waals surface area contributed by atoms with E-state index in [0.717, 1.165) is 68.3 Å². The Labute approximate surface area is 170 Å². The van der Waals surface area contributed by atoms with Gasteiger partial charge in [-0.3, -0.25) is 9.58 Å². The van der Waals surface area contributed by atoms with Crippen molar-refractivity contribution in [3.63, 3.8) is 0 Å². The van der Waals surface area contributed by atoms with E-state index in [0.29, 0.717) is 11.8 Å². The summed E-state index contributed by atoms with van der Waals surface area (Å²) in [7, 11) is 3.54. The van der Waals surface area contributed by atoms with Crippen molar-refractivity contribution in [1.82, 2.24) is 24.6 Å². The number of nitrogens with zero attached hydrogens (tertiary/aromatic N) is 5. The predicted molar refractivity (Wildman–Crippen MR) is 113 cm³/mol. The second-order valence-corrected chi connectivity index (χ2v) is 6.99. The molecule has 0 atom stereocenters. The third-order valence-corrected chi connectivity index (χ3v) is 4.96. The lowest BCUT2D eigenvalue weighted by molar-refractivity contribution is 0.0378. The molecule has 9 nitrogen and oxygen atoms in total. The first kappa shape index (κ1) is 19.4. The lowest BCUT2D eigenvalue weighted by Crippen LogP contribution is -2.37. The molecule has 0 spiro atoms. The first-order chi connectivity index (χ1) is 14.2. The summed E-state index contributed by atoms with van der Waals surface area (Å²) >= 11 is 0. The Morgan fingerprint density at radius 1 is 1.21 bits per heavy atom. The van der Waals surface area contributed by atoms with Crippen molar-refractivity contribution in [3.05, 3.63) is 30.5 Å². The van der Waals surface area contributed by atoms with Crippen LogP contribution in [0.2, 0.25) is 0 Å². The van der Waals surface area contributed by atoms with Crippen LogP contribution in [-0.4, -0.2) is 71.2 Å². The summed E-state index contributed by atoms with van der Waals surface area (Å²) in [6.45, 7) is 5.51. The Morgan fingerprint density at radius 2 is 2.07 bits per heavy atom. The number of morpholine rings is 1. The summed E-state index contributed by atoms with van der Waals surface area (Å²) in [4.78, 5) is 11.7. The number of hydrogen-bond donors (Lipinski definition) is 2. The quantitative estimate of drug-likeness (QED) is 0.560. The molecule has 1 fully saturated rings. The van der Waals surface area contributed by atoms with Gasteiger partial charge in [0.25, 0.3) is 0 Å². The van der Waals surface area contributed by atoms with E-state index in [4.69, 9.17) is 9.47 Å². The zero-order valence-electron chi connectivity index (χ0n) is 16.9. The number of benzene rings is 1. The highest BCUT2D eigenvalue weighted by Gasteiger charge is 2.13. The van der Waals surface area contributed by atoms with Crippen LogP contribution in [0.3, 0.4) is 0 Å². The van der Waals surface area contributed by atoms with Crippen LogP contribution in [0.25, 0.3) is 11.0 Å². The minimum Gasteiger partial charge on any atom is -0.497 e. The van der Waals surface area contributed by atoms with Crippen LogP contribution in [0.5, 0.6) is 5.75 Å². The molecule has 4 rings (SSSR count). The van der Waals surface area contributed by atoms with Gasteiger partial charge in [-0.25, -0.2) is 0 Å². The van der Waals surface area contributed by atoms with Crippen LogP contribution in [-0.2, 0) is 11.8 Å². The van der Waals surface area contributed by atoms with Gasteiger partial charge in [0.1, 0.15) is 11.6 Å². The maximum absolute atomic E-state index is 5.40. The molecule has 3 heterocycles. The molecule has 3 aromatic rings. The molecule has 0 radical (unpaired) electrons. The molecule has 2 aromatic heterocycles. The van der Waals surface area contributed by atoms with Crippen LogP contribution in [0, 0.1) is 0 Å². The van der Waals surface area contributed by atoms with E-state index in [1.807, 2.05) is 31.3 Å². The smallest absolute Gasteiger partial charge is 0.226 e. The number of aryl methyl sites for hydroxylation is 1. The molecular weight excluding hydrogens is 370 g/mol. The second kappa shape index (κ2) is 9.06. The monoisotopic (exact) mass is 397 g/mol. The molecule has 0 aliphatic carbocycles. The molecule has 1 saturated heterocycles. The van der Waals surface area contributed by atoms with E-state index in [-0.39, 0.29) is 0 Å². The lowest BCUT2D eigenvalue weighted by atomic mass is 10.3. The Balaban J connectivity index is 1.46. The van der Waals surface area contributed by atoms with Gasteiger partial charge in [0.15, 0.2) is 5.65 Å². The van der Waals surface area contributed by atoms with Gasteiger partial charge in [-0.2, -0.15) is 15.1 Å². The summed E-state index contributed by atoms with van der Waals surface area (Å²) in [5.41, 5.74) is 1.67. The molecule has 0 amide bonds. The number of ether oxygens (including phenoxy) is 2.